The molecule has 156 valence electrons. The van der Waals surface area contributed by atoms with Crippen LogP contribution in [0.3, 0.4) is 0 Å². The van der Waals surface area contributed by atoms with Crippen molar-refractivity contribution in [2.24, 2.45) is 11.8 Å². The first-order chi connectivity index (χ1) is 14.6. The van der Waals surface area contributed by atoms with Crippen molar-refractivity contribution in [3.63, 3.8) is 0 Å². The van der Waals surface area contributed by atoms with Gasteiger partial charge in [0.25, 0.3) is 0 Å². The summed E-state index contributed by atoms with van der Waals surface area (Å²) in [5.74, 6) is 1.19. The molecule has 0 aromatic heterocycles. The molecule has 1 aliphatic carbocycles. The molecule has 3 aromatic rings. The van der Waals surface area contributed by atoms with Gasteiger partial charge in [-0.05, 0) is 60.2 Å². The van der Waals surface area contributed by atoms with Gasteiger partial charge in [0, 0.05) is 21.7 Å². The van der Waals surface area contributed by atoms with E-state index in [1.54, 1.807) is 0 Å². The van der Waals surface area contributed by atoms with Gasteiger partial charge >= 0.3 is 0 Å². The first kappa shape index (κ1) is 21.4. The Morgan fingerprint density at radius 2 is 1.50 bits per heavy atom. The number of unbranched alkanes of at least 4 members (excludes halogenated alkanes) is 1. The molecule has 0 spiro atoms. The molecule has 2 nitrogen and oxygen atoms in total. The second-order valence-electron chi connectivity index (χ2n) is 8.24. The average molecular weight is 438 g/mol. The zero-order valence-electron chi connectivity index (χ0n) is 17.4. The highest BCUT2D eigenvalue weighted by atomic mass is 35.5. The molecule has 3 atom stereocenters. The van der Waals surface area contributed by atoms with Gasteiger partial charge in [-0.25, -0.2) is 0 Å². The number of nitrogens with one attached hydrogen (secondary N) is 1. The SMILES string of the molecule is CCCC[C@@H]1C[C@H]1C(NP(=O)(c1ccccc1)c1ccccc1)c1ccc(Cl)cc1. The molecule has 0 heterocycles. The maximum atomic E-state index is 14.6. The van der Waals surface area contributed by atoms with Crippen LogP contribution in [0.4, 0.5) is 0 Å². The van der Waals surface area contributed by atoms with Crippen LogP contribution in [-0.4, -0.2) is 0 Å². The lowest BCUT2D eigenvalue weighted by atomic mass is 10.0. The Labute approximate surface area is 185 Å². The van der Waals surface area contributed by atoms with Crippen LogP contribution in [0.1, 0.15) is 44.2 Å². The number of rotatable bonds is 9. The van der Waals surface area contributed by atoms with Crippen LogP contribution in [0.25, 0.3) is 0 Å². The molecule has 1 saturated carbocycles. The molecule has 1 fully saturated rings. The third-order valence-corrected chi connectivity index (χ3v) is 9.07. The van der Waals surface area contributed by atoms with Crippen molar-refractivity contribution >= 4 is 29.5 Å². The molecule has 0 radical (unpaired) electrons. The van der Waals surface area contributed by atoms with Gasteiger partial charge in [0.1, 0.15) is 0 Å². The van der Waals surface area contributed by atoms with Crippen molar-refractivity contribution in [3.8, 4) is 0 Å². The topological polar surface area (TPSA) is 29.1 Å². The number of benzene rings is 3. The number of halogens is 1. The maximum Gasteiger partial charge on any atom is 0.205 e. The fourth-order valence-corrected chi connectivity index (χ4v) is 6.97. The van der Waals surface area contributed by atoms with Crippen molar-refractivity contribution < 1.29 is 4.57 Å². The molecule has 1 aliphatic rings. The normalized spacial score (nSPS) is 19.4. The Bertz CT molecular complexity index is 947. The van der Waals surface area contributed by atoms with Crippen molar-refractivity contribution in [2.45, 2.75) is 38.6 Å². The fraction of sp³-hybridized carbons (Fsp3) is 0.308. The summed E-state index contributed by atoms with van der Waals surface area (Å²) >= 11 is 6.16. The average Bonchev–Trinajstić information content (AvgIpc) is 3.57. The lowest BCUT2D eigenvalue weighted by molar-refractivity contribution is 0.496. The monoisotopic (exact) mass is 437 g/mol. The summed E-state index contributed by atoms with van der Waals surface area (Å²) in [5, 5.41) is 6.10. The molecule has 1 N–H and O–H groups in total. The third-order valence-electron chi connectivity index (χ3n) is 6.12. The lowest BCUT2D eigenvalue weighted by Gasteiger charge is -2.28. The van der Waals surface area contributed by atoms with E-state index in [-0.39, 0.29) is 6.04 Å². The van der Waals surface area contributed by atoms with Crippen molar-refractivity contribution in [2.75, 3.05) is 0 Å². The van der Waals surface area contributed by atoms with Crippen molar-refractivity contribution in [1.82, 2.24) is 5.09 Å². The highest BCUT2D eigenvalue weighted by molar-refractivity contribution is 7.76. The molecule has 0 saturated heterocycles. The summed E-state index contributed by atoms with van der Waals surface area (Å²) in [7, 11) is -3.01. The molecule has 30 heavy (non-hydrogen) atoms. The molecule has 4 heteroatoms. The first-order valence-corrected chi connectivity index (χ1v) is 12.9. The van der Waals surface area contributed by atoms with Gasteiger partial charge in [-0.15, -0.1) is 0 Å². The largest absolute Gasteiger partial charge is 0.297 e. The summed E-state index contributed by atoms with van der Waals surface area (Å²) in [6.45, 7) is 2.24. The van der Waals surface area contributed by atoms with Crippen LogP contribution in [0, 0.1) is 11.8 Å². The van der Waals surface area contributed by atoms with E-state index in [1.165, 1.54) is 25.7 Å². The minimum atomic E-state index is -3.01. The van der Waals surface area contributed by atoms with E-state index >= 15 is 0 Å². The van der Waals surface area contributed by atoms with Crippen LogP contribution in [0.15, 0.2) is 84.9 Å². The third kappa shape index (κ3) is 4.72. The summed E-state index contributed by atoms with van der Waals surface area (Å²) in [5.41, 5.74) is 1.16. The fourth-order valence-electron chi connectivity index (χ4n) is 4.33. The van der Waals surface area contributed by atoms with Gasteiger partial charge in [0.05, 0.1) is 0 Å². The number of hydrogen-bond acceptors (Lipinski definition) is 1. The first-order valence-electron chi connectivity index (χ1n) is 10.9. The molecular weight excluding hydrogens is 409 g/mol. The summed E-state index contributed by atoms with van der Waals surface area (Å²) in [4.78, 5) is 0. The summed E-state index contributed by atoms with van der Waals surface area (Å²) in [6.07, 6.45) is 4.90. The lowest BCUT2D eigenvalue weighted by Crippen LogP contribution is -2.32. The second-order valence-corrected chi connectivity index (χ2v) is 11.2. The zero-order chi connectivity index (χ0) is 21.0. The predicted molar refractivity (Wildman–Crippen MR) is 128 cm³/mol. The Morgan fingerprint density at radius 3 is 2.03 bits per heavy atom. The highest BCUT2D eigenvalue weighted by Gasteiger charge is 2.45. The summed E-state index contributed by atoms with van der Waals surface area (Å²) < 4.78 is 14.6. The predicted octanol–water partition coefficient (Wildman–Crippen LogP) is 6.73. The van der Waals surface area contributed by atoms with Crippen LogP contribution in [0.2, 0.25) is 5.02 Å². The Kier molecular flexibility index (Phi) is 6.78. The summed E-state index contributed by atoms with van der Waals surface area (Å²) in [6, 6.07) is 27.8. The maximum absolute atomic E-state index is 14.6. The van der Waals surface area contributed by atoms with Gasteiger partial charge < -0.3 is 0 Å². The van der Waals surface area contributed by atoms with E-state index in [0.717, 1.165) is 21.2 Å². The standard InChI is InChI=1S/C26H29ClNOP/c1-2-3-10-21-19-25(21)26(20-15-17-22(27)18-16-20)28-30(29,23-11-6-4-7-12-23)24-13-8-5-9-14-24/h4-9,11-18,21,25-26H,2-3,10,19H2,1H3,(H,28,29)/t21-,25-,26?/m1/s1. The Morgan fingerprint density at radius 1 is 0.933 bits per heavy atom. The van der Waals surface area contributed by atoms with E-state index in [2.05, 4.69) is 24.1 Å². The quantitative estimate of drug-likeness (QED) is 0.376. The van der Waals surface area contributed by atoms with Gasteiger partial charge in [0.2, 0.25) is 7.29 Å². The minimum Gasteiger partial charge on any atom is -0.297 e. The van der Waals surface area contributed by atoms with Gasteiger partial charge in [-0.1, -0.05) is 86.3 Å². The molecule has 1 unspecified atom stereocenters. The molecule has 3 aromatic carbocycles. The molecule has 0 bridgehead atoms. The highest BCUT2D eigenvalue weighted by Crippen LogP contribution is 2.54. The Hall–Kier alpha value is -1.86. The second kappa shape index (κ2) is 9.52. The van der Waals surface area contributed by atoms with E-state index in [0.29, 0.717) is 11.8 Å². The van der Waals surface area contributed by atoms with Crippen molar-refractivity contribution in [3.05, 3.63) is 95.5 Å². The van der Waals surface area contributed by atoms with Crippen LogP contribution in [0.5, 0.6) is 0 Å². The Balaban J connectivity index is 1.72. The smallest absolute Gasteiger partial charge is 0.205 e. The molecule has 0 aliphatic heterocycles. The van der Waals surface area contributed by atoms with Crippen LogP contribution in [-0.2, 0) is 4.57 Å². The van der Waals surface area contributed by atoms with E-state index in [1.807, 2.05) is 72.8 Å². The van der Waals surface area contributed by atoms with Crippen LogP contribution < -0.4 is 15.7 Å². The van der Waals surface area contributed by atoms with Gasteiger partial charge in [0.15, 0.2) is 0 Å². The van der Waals surface area contributed by atoms with E-state index in [9.17, 15) is 4.57 Å². The van der Waals surface area contributed by atoms with E-state index < -0.39 is 7.29 Å². The van der Waals surface area contributed by atoms with Gasteiger partial charge in [-0.2, -0.15) is 0 Å². The van der Waals surface area contributed by atoms with Crippen LogP contribution >= 0.6 is 18.9 Å². The molecular formula is C26H29ClNOP. The van der Waals surface area contributed by atoms with E-state index in [4.69, 9.17) is 11.6 Å². The molecule has 4 rings (SSSR count). The van der Waals surface area contributed by atoms with Crippen molar-refractivity contribution in [1.29, 1.82) is 0 Å². The minimum absolute atomic E-state index is 0.0374. The zero-order valence-corrected chi connectivity index (χ0v) is 19.0. The van der Waals surface area contributed by atoms with Gasteiger partial charge in [-0.3, -0.25) is 9.65 Å². The number of hydrogen-bond donors (Lipinski definition) is 1. The molecule has 0 amide bonds.